The molecule has 0 radical (unpaired) electrons. The van der Waals surface area contributed by atoms with E-state index in [1.807, 2.05) is 24.3 Å². The Morgan fingerprint density at radius 1 is 0.897 bits per heavy atom. The molecule has 0 unspecified atom stereocenters. The molecule has 0 spiro atoms. The number of thiazole rings is 1. The van der Waals surface area contributed by atoms with E-state index in [2.05, 4.69) is 5.32 Å². The second-order valence-electron chi connectivity index (χ2n) is 7.92. The van der Waals surface area contributed by atoms with Crippen molar-refractivity contribution in [1.29, 1.82) is 0 Å². The molecule has 39 heavy (non-hydrogen) atoms. The number of hydrogen-bond acceptors (Lipinski definition) is 11. The van der Waals surface area contributed by atoms with Crippen LogP contribution in [0.15, 0.2) is 54.7 Å². The number of benzene rings is 3. The fourth-order valence-electron chi connectivity index (χ4n) is 3.89. The minimum atomic E-state index is -0.629. The molecule has 1 aromatic heterocycles. The zero-order valence-electron chi connectivity index (χ0n) is 21.8. The molecule has 0 bridgehead atoms. The number of allylic oxidation sites excluding steroid dienone is 1. The Bertz CT molecular complexity index is 1560. The molecular weight excluding hydrogens is 526 g/mol. The van der Waals surface area contributed by atoms with Gasteiger partial charge in [0.05, 0.1) is 46.0 Å². The van der Waals surface area contributed by atoms with Crippen molar-refractivity contribution < 1.29 is 33.4 Å². The van der Waals surface area contributed by atoms with Gasteiger partial charge in [0.2, 0.25) is 11.5 Å². The number of hydrogen-bond donors (Lipinski definition) is 1. The van der Waals surface area contributed by atoms with E-state index >= 15 is 0 Å². The van der Waals surface area contributed by atoms with Crippen molar-refractivity contribution in [2.75, 3.05) is 40.9 Å². The van der Waals surface area contributed by atoms with E-state index in [1.54, 1.807) is 27.4 Å². The Morgan fingerprint density at radius 2 is 1.54 bits per heavy atom. The minimum Gasteiger partial charge on any atom is -0.493 e. The number of nitro benzene ring substituents is 1. The van der Waals surface area contributed by atoms with E-state index < -0.39 is 10.7 Å². The number of nitrogens with zero attached hydrogens (tertiary/aromatic N) is 2. The third-order valence-corrected chi connectivity index (χ3v) is 6.86. The number of ketones is 1. The van der Waals surface area contributed by atoms with Gasteiger partial charge in [-0.3, -0.25) is 14.9 Å². The zero-order valence-corrected chi connectivity index (χ0v) is 22.6. The first kappa shape index (κ1) is 27.2. The molecule has 0 saturated heterocycles. The highest BCUT2D eigenvalue weighted by atomic mass is 32.1. The van der Waals surface area contributed by atoms with Crippen LogP contribution in [0.1, 0.15) is 10.4 Å². The zero-order chi connectivity index (χ0) is 28.1. The highest BCUT2D eigenvalue weighted by Gasteiger charge is 2.23. The van der Waals surface area contributed by atoms with Gasteiger partial charge in [0.15, 0.2) is 23.0 Å². The van der Waals surface area contributed by atoms with Crippen LogP contribution in [0.2, 0.25) is 0 Å². The fraction of sp³-hybridized carbons (Fsp3) is 0.185. The SMILES string of the molecule is COc1cc(C(=O)/C=C\Nc2ccc(-c3nc4cc(OC)c(OC)c(OC)c4s3)cc2)cc([N+](=O)[O-])c1OC. The lowest BCUT2D eigenvalue weighted by atomic mass is 10.1. The van der Waals surface area contributed by atoms with Crippen LogP contribution in [0, 0.1) is 10.1 Å². The van der Waals surface area contributed by atoms with Gasteiger partial charge in [-0.05, 0) is 30.3 Å². The van der Waals surface area contributed by atoms with Crippen LogP contribution in [0.3, 0.4) is 0 Å². The molecular formula is C27H25N3O8S. The maximum absolute atomic E-state index is 12.7. The van der Waals surface area contributed by atoms with E-state index in [9.17, 15) is 14.9 Å². The number of rotatable bonds is 11. The van der Waals surface area contributed by atoms with E-state index in [0.29, 0.717) is 17.2 Å². The molecule has 0 saturated carbocycles. The number of fused-ring (bicyclic) bond motifs is 1. The first-order chi connectivity index (χ1) is 18.8. The van der Waals surface area contributed by atoms with Crippen LogP contribution in [0.25, 0.3) is 20.8 Å². The highest BCUT2D eigenvalue weighted by Crippen LogP contribution is 2.47. The van der Waals surface area contributed by atoms with Crippen molar-refractivity contribution in [3.05, 3.63) is 70.4 Å². The summed E-state index contributed by atoms with van der Waals surface area (Å²) in [4.78, 5) is 28.2. The van der Waals surface area contributed by atoms with E-state index in [-0.39, 0.29) is 22.7 Å². The Labute approximate surface area is 227 Å². The van der Waals surface area contributed by atoms with Gasteiger partial charge in [-0.25, -0.2) is 4.98 Å². The van der Waals surface area contributed by atoms with Gasteiger partial charge < -0.3 is 29.0 Å². The van der Waals surface area contributed by atoms with Gasteiger partial charge in [-0.15, -0.1) is 11.3 Å². The molecule has 202 valence electrons. The molecule has 0 amide bonds. The largest absolute Gasteiger partial charge is 0.493 e. The molecule has 0 atom stereocenters. The molecule has 1 N–H and O–H groups in total. The number of nitro groups is 1. The number of carbonyl (C=O) groups is 1. The van der Waals surface area contributed by atoms with E-state index in [1.165, 1.54) is 43.9 Å². The van der Waals surface area contributed by atoms with Gasteiger partial charge in [0.1, 0.15) is 9.71 Å². The summed E-state index contributed by atoms with van der Waals surface area (Å²) in [5.41, 5.74) is 2.07. The van der Waals surface area contributed by atoms with Crippen molar-refractivity contribution in [2.45, 2.75) is 0 Å². The van der Waals surface area contributed by atoms with Gasteiger partial charge in [-0.1, -0.05) is 0 Å². The van der Waals surface area contributed by atoms with E-state index in [0.717, 1.165) is 32.5 Å². The molecule has 4 aromatic rings. The summed E-state index contributed by atoms with van der Waals surface area (Å²) in [5.74, 6) is 1.19. The fourth-order valence-corrected chi connectivity index (χ4v) is 4.96. The standard InChI is InChI=1S/C27H25N3O8S/c1-34-21-13-16(12-19(30(32)33)23(21)36-3)20(31)10-11-28-17-8-6-15(7-9-17)27-29-18-14-22(35-2)24(37-4)25(38-5)26(18)39-27/h6-14,28H,1-5H3/b11-10-. The number of carbonyl (C=O) groups excluding carboxylic acids is 1. The van der Waals surface area contributed by atoms with Crippen LogP contribution < -0.4 is 29.0 Å². The third kappa shape index (κ3) is 5.41. The van der Waals surface area contributed by atoms with Crippen molar-refractivity contribution in [2.24, 2.45) is 0 Å². The topological polar surface area (TPSA) is 131 Å². The Hall–Kier alpha value is -4.84. The first-order valence-corrected chi connectivity index (χ1v) is 12.2. The van der Waals surface area contributed by atoms with Crippen molar-refractivity contribution >= 4 is 38.7 Å². The predicted octanol–water partition coefficient (Wildman–Crippen LogP) is 5.72. The van der Waals surface area contributed by atoms with Crippen molar-refractivity contribution in [1.82, 2.24) is 4.98 Å². The average molecular weight is 552 g/mol. The molecule has 0 fully saturated rings. The average Bonchev–Trinajstić information content (AvgIpc) is 3.39. The summed E-state index contributed by atoms with van der Waals surface area (Å²) in [6, 6.07) is 11.8. The second kappa shape index (κ2) is 11.7. The highest BCUT2D eigenvalue weighted by molar-refractivity contribution is 7.22. The molecule has 4 rings (SSSR count). The lowest BCUT2D eigenvalue weighted by Gasteiger charge is -2.11. The van der Waals surface area contributed by atoms with Gasteiger partial charge in [0.25, 0.3) is 0 Å². The summed E-state index contributed by atoms with van der Waals surface area (Å²) in [6.07, 6.45) is 2.74. The normalized spacial score (nSPS) is 10.9. The lowest BCUT2D eigenvalue weighted by Crippen LogP contribution is -2.02. The number of anilines is 1. The molecule has 12 heteroatoms. The monoisotopic (exact) mass is 551 g/mol. The quantitative estimate of drug-likeness (QED) is 0.107. The Balaban J connectivity index is 1.52. The van der Waals surface area contributed by atoms with Gasteiger partial charge in [0, 0.05) is 41.2 Å². The number of methoxy groups -OCH3 is 5. The smallest absolute Gasteiger partial charge is 0.315 e. The maximum Gasteiger partial charge on any atom is 0.315 e. The summed E-state index contributed by atoms with van der Waals surface area (Å²) < 4.78 is 27.5. The van der Waals surface area contributed by atoms with Crippen LogP contribution >= 0.6 is 11.3 Å². The number of nitrogens with one attached hydrogen (secondary N) is 1. The summed E-state index contributed by atoms with van der Waals surface area (Å²) in [7, 11) is 7.32. The molecule has 1 heterocycles. The Morgan fingerprint density at radius 3 is 2.13 bits per heavy atom. The lowest BCUT2D eigenvalue weighted by molar-refractivity contribution is -0.385. The van der Waals surface area contributed by atoms with Crippen molar-refractivity contribution in [3.63, 3.8) is 0 Å². The minimum absolute atomic E-state index is 0.0499. The van der Waals surface area contributed by atoms with Gasteiger partial charge >= 0.3 is 5.69 Å². The summed E-state index contributed by atoms with van der Waals surface area (Å²) in [6.45, 7) is 0. The van der Waals surface area contributed by atoms with Crippen LogP contribution in [0.4, 0.5) is 11.4 Å². The molecule has 3 aromatic carbocycles. The van der Waals surface area contributed by atoms with Crippen molar-refractivity contribution in [3.8, 4) is 39.3 Å². The number of ether oxygens (including phenoxy) is 5. The maximum atomic E-state index is 12.7. The Kier molecular flexibility index (Phi) is 8.15. The van der Waals surface area contributed by atoms with Crippen LogP contribution in [-0.2, 0) is 0 Å². The van der Waals surface area contributed by atoms with Crippen LogP contribution in [-0.4, -0.2) is 51.2 Å². The number of aromatic nitrogens is 1. The van der Waals surface area contributed by atoms with Gasteiger partial charge in [-0.2, -0.15) is 0 Å². The second-order valence-corrected chi connectivity index (χ2v) is 8.92. The van der Waals surface area contributed by atoms with E-state index in [4.69, 9.17) is 28.7 Å². The molecule has 0 aliphatic carbocycles. The summed E-state index contributed by atoms with van der Waals surface area (Å²) >= 11 is 1.47. The third-order valence-electron chi connectivity index (χ3n) is 5.74. The predicted molar refractivity (Wildman–Crippen MR) is 148 cm³/mol. The first-order valence-electron chi connectivity index (χ1n) is 11.4. The summed E-state index contributed by atoms with van der Waals surface area (Å²) in [5, 5.41) is 15.2. The molecule has 0 aliphatic rings. The van der Waals surface area contributed by atoms with Crippen LogP contribution in [0.5, 0.6) is 28.7 Å². The molecule has 0 aliphatic heterocycles. The molecule has 11 nitrogen and oxygen atoms in total.